The number of aromatic nitrogens is 1. The summed E-state index contributed by atoms with van der Waals surface area (Å²) in [6, 6.07) is 0.955. The Bertz CT molecular complexity index is 392. The summed E-state index contributed by atoms with van der Waals surface area (Å²) in [4.78, 5) is 13.8. The molecule has 0 saturated carbocycles. The average molecular weight is 221 g/mol. The van der Waals surface area contributed by atoms with E-state index in [0.717, 1.165) is 12.3 Å². The lowest BCUT2D eigenvalue weighted by molar-refractivity contribution is -0.275. The van der Waals surface area contributed by atoms with Crippen LogP contribution in [0.1, 0.15) is 10.4 Å². The highest BCUT2D eigenvalue weighted by Gasteiger charge is 2.32. The van der Waals surface area contributed by atoms with Gasteiger partial charge < -0.3 is 16.2 Å². The molecule has 0 radical (unpaired) electrons. The summed E-state index contributed by atoms with van der Waals surface area (Å²) in [5.74, 6) is -1.65. The van der Waals surface area contributed by atoms with Gasteiger partial charge in [-0.15, -0.1) is 13.2 Å². The number of carbonyl (C=O) groups is 1. The van der Waals surface area contributed by atoms with E-state index in [1.54, 1.807) is 0 Å². The third kappa shape index (κ3) is 3.01. The normalized spacial score (nSPS) is 11.1. The summed E-state index contributed by atoms with van der Waals surface area (Å²) in [6.45, 7) is 0. The van der Waals surface area contributed by atoms with Crippen LogP contribution in [0.4, 0.5) is 18.9 Å². The van der Waals surface area contributed by atoms with E-state index in [2.05, 4.69) is 9.72 Å². The van der Waals surface area contributed by atoms with Crippen LogP contribution in [-0.2, 0) is 0 Å². The Morgan fingerprint density at radius 3 is 2.47 bits per heavy atom. The SMILES string of the molecule is NC(=O)c1cnc(OC(F)(F)F)c(N)c1. The summed E-state index contributed by atoms with van der Waals surface area (Å²) in [7, 11) is 0. The molecule has 0 fully saturated rings. The number of primary amides is 1. The van der Waals surface area contributed by atoms with Crippen LogP contribution in [0.3, 0.4) is 0 Å². The van der Waals surface area contributed by atoms with Crippen molar-refractivity contribution in [1.29, 1.82) is 0 Å². The summed E-state index contributed by atoms with van der Waals surface area (Å²) in [5, 5.41) is 0. The van der Waals surface area contributed by atoms with Gasteiger partial charge in [0.1, 0.15) is 0 Å². The molecule has 0 unspecified atom stereocenters. The second-order valence-corrected chi connectivity index (χ2v) is 2.53. The molecule has 0 aliphatic carbocycles. The Hall–Kier alpha value is -1.99. The molecule has 0 aliphatic heterocycles. The molecular formula is C7H6F3N3O2. The van der Waals surface area contributed by atoms with Crippen molar-refractivity contribution in [3.63, 3.8) is 0 Å². The smallest absolute Gasteiger partial charge is 0.394 e. The van der Waals surface area contributed by atoms with Gasteiger partial charge in [-0.3, -0.25) is 4.79 Å². The molecule has 15 heavy (non-hydrogen) atoms. The quantitative estimate of drug-likeness (QED) is 0.767. The number of ether oxygens (including phenoxy) is 1. The Labute approximate surface area is 81.8 Å². The molecule has 4 N–H and O–H groups in total. The van der Waals surface area contributed by atoms with Gasteiger partial charge in [0.2, 0.25) is 11.8 Å². The van der Waals surface area contributed by atoms with Crippen molar-refractivity contribution in [2.45, 2.75) is 6.36 Å². The number of hydrogen-bond acceptors (Lipinski definition) is 4. The first kappa shape index (κ1) is 11.1. The predicted molar refractivity (Wildman–Crippen MR) is 43.9 cm³/mol. The maximum Gasteiger partial charge on any atom is 0.574 e. The molecule has 0 aromatic carbocycles. The van der Waals surface area contributed by atoms with E-state index in [4.69, 9.17) is 11.5 Å². The van der Waals surface area contributed by atoms with Crippen molar-refractivity contribution in [2.75, 3.05) is 5.73 Å². The van der Waals surface area contributed by atoms with Crippen LogP contribution >= 0.6 is 0 Å². The van der Waals surface area contributed by atoms with Crippen LogP contribution in [0.2, 0.25) is 0 Å². The van der Waals surface area contributed by atoms with Crippen LogP contribution in [0.5, 0.6) is 5.88 Å². The van der Waals surface area contributed by atoms with Crippen molar-refractivity contribution in [3.8, 4) is 5.88 Å². The van der Waals surface area contributed by atoms with Gasteiger partial charge >= 0.3 is 6.36 Å². The molecule has 1 amide bonds. The maximum absolute atomic E-state index is 11.8. The van der Waals surface area contributed by atoms with E-state index >= 15 is 0 Å². The lowest BCUT2D eigenvalue weighted by Gasteiger charge is -2.09. The fourth-order valence-electron chi connectivity index (χ4n) is 0.799. The molecule has 1 rings (SSSR count). The highest BCUT2D eigenvalue weighted by Crippen LogP contribution is 2.26. The first-order valence-electron chi connectivity index (χ1n) is 3.60. The molecule has 0 saturated heterocycles. The number of nitrogens with zero attached hydrogens (tertiary/aromatic N) is 1. The van der Waals surface area contributed by atoms with Crippen molar-refractivity contribution < 1.29 is 22.7 Å². The Kier molecular flexibility index (Phi) is 2.69. The zero-order valence-corrected chi connectivity index (χ0v) is 7.21. The van der Waals surface area contributed by atoms with Crippen molar-refractivity contribution in [3.05, 3.63) is 17.8 Å². The van der Waals surface area contributed by atoms with E-state index < -0.39 is 23.8 Å². The van der Waals surface area contributed by atoms with Crippen LogP contribution in [0, 0.1) is 0 Å². The molecular weight excluding hydrogens is 215 g/mol. The number of anilines is 1. The second-order valence-electron chi connectivity index (χ2n) is 2.53. The highest BCUT2D eigenvalue weighted by molar-refractivity contribution is 5.93. The van der Waals surface area contributed by atoms with Crippen LogP contribution in [-0.4, -0.2) is 17.3 Å². The first-order valence-corrected chi connectivity index (χ1v) is 3.60. The van der Waals surface area contributed by atoms with Crippen molar-refractivity contribution in [1.82, 2.24) is 4.98 Å². The largest absolute Gasteiger partial charge is 0.574 e. The van der Waals surface area contributed by atoms with Crippen LogP contribution in [0.25, 0.3) is 0 Å². The third-order valence-electron chi connectivity index (χ3n) is 1.38. The zero-order valence-electron chi connectivity index (χ0n) is 7.21. The number of amides is 1. The summed E-state index contributed by atoms with van der Waals surface area (Å²) >= 11 is 0. The number of alkyl halides is 3. The topological polar surface area (TPSA) is 91.2 Å². The highest BCUT2D eigenvalue weighted by atomic mass is 19.4. The van der Waals surface area contributed by atoms with E-state index in [-0.39, 0.29) is 5.56 Å². The number of halogens is 3. The number of carbonyl (C=O) groups excluding carboxylic acids is 1. The van der Waals surface area contributed by atoms with E-state index in [9.17, 15) is 18.0 Å². The minimum absolute atomic E-state index is 0.0953. The summed E-state index contributed by atoms with van der Waals surface area (Å²) < 4.78 is 38.8. The lowest BCUT2D eigenvalue weighted by Crippen LogP contribution is -2.19. The average Bonchev–Trinajstić information content (AvgIpc) is 2.05. The molecule has 0 spiro atoms. The van der Waals surface area contributed by atoms with Gasteiger partial charge in [0.15, 0.2) is 0 Å². The minimum Gasteiger partial charge on any atom is -0.394 e. The number of nitrogen functional groups attached to an aromatic ring is 1. The summed E-state index contributed by atoms with van der Waals surface area (Å²) in [5.41, 5.74) is 9.52. The van der Waals surface area contributed by atoms with E-state index in [0.29, 0.717) is 0 Å². The lowest BCUT2D eigenvalue weighted by atomic mass is 10.2. The van der Waals surface area contributed by atoms with Gasteiger partial charge in [-0.25, -0.2) is 4.98 Å². The van der Waals surface area contributed by atoms with E-state index in [1.165, 1.54) is 0 Å². The van der Waals surface area contributed by atoms with Gasteiger partial charge in [-0.1, -0.05) is 0 Å². The molecule has 8 heteroatoms. The van der Waals surface area contributed by atoms with E-state index in [1.807, 2.05) is 0 Å². The molecule has 5 nitrogen and oxygen atoms in total. The molecule has 1 aromatic heterocycles. The molecule has 1 heterocycles. The molecule has 1 aromatic rings. The van der Waals surface area contributed by atoms with Crippen molar-refractivity contribution >= 4 is 11.6 Å². The predicted octanol–water partition coefficient (Wildman–Crippen LogP) is 0.661. The summed E-state index contributed by atoms with van der Waals surface area (Å²) in [6.07, 6.45) is -4.03. The number of pyridine rings is 1. The number of nitrogens with two attached hydrogens (primary N) is 2. The van der Waals surface area contributed by atoms with Crippen molar-refractivity contribution in [2.24, 2.45) is 5.73 Å². The number of rotatable bonds is 2. The van der Waals surface area contributed by atoms with Crippen LogP contribution in [0.15, 0.2) is 12.3 Å². The van der Waals surface area contributed by atoms with Gasteiger partial charge in [0.25, 0.3) is 0 Å². The standard InChI is InChI=1S/C7H6F3N3O2/c8-7(9,10)15-6-4(11)1-3(2-13-6)5(12)14/h1-2H,11H2,(H2,12,14). The Morgan fingerprint density at radius 1 is 1.47 bits per heavy atom. The zero-order chi connectivity index (χ0) is 11.6. The molecule has 0 bridgehead atoms. The van der Waals surface area contributed by atoms with Crippen LogP contribution < -0.4 is 16.2 Å². The molecule has 82 valence electrons. The maximum atomic E-state index is 11.8. The van der Waals surface area contributed by atoms with Gasteiger partial charge in [-0.05, 0) is 6.07 Å². The number of hydrogen-bond donors (Lipinski definition) is 2. The van der Waals surface area contributed by atoms with Gasteiger partial charge in [0, 0.05) is 6.20 Å². The minimum atomic E-state index is -4.88. The fraction of sp³-hybridized carbons (Fsp3) is 0.143. The second kappa shape index (κ2) is 3.64. The third-order valence-corrected chi connectivity index (χ3v) is 1.38. The van der Waals surface area contributed by atoms with Gasteiger partial charge in [-0.2, -0.15) is 0 Å². The monoisotopic (exact) mass is 221 g/mol. The molecule has 0 atom stereocenters. The fourth-order valence-corrected chi connectivity index (χ4v) is 0.799. The molecule has 0 aliphatic rings. The van der Waals surface area contributed by atoms with Gasteiger partial charge in [0.05, 0.1) is 11.3 Å². The first-order chi connectivity index (χ1) is 6.79. The Balaban J connectivity index is 2.99. The Morgan fingerprint density at radius 2 is 2.07 bits per heavy atom.